The van der Waals surface area contributed by atoms with Crippen LogP contribution in [0.1, 0.15) is 142 Å². The molecule has 0 aliphatic carbocycles. The fourth-order valence-electron chi connectivity index (χ4n) is 4.45. The van der Waals surface area contributed by atoms with Gasteiger partial charge in [0.05, 0.1) is 17.9 Å². The van der Waals surface area contributed by atoms with Crippen LogP contribution in [-0.4, -0.2) is 53.1 Å². The summed E-state index contributed by atoms with van der Waals surface area (Å²) in [5.74, 6) is -1.47. The number of nitrogens with one attached hydrogen (secondary N) is 1. The lowest BCUT2D eigenvalue weighted by atomic mass is 10.0. The molecule has 7 nitrogen and oxygen atoms in total. The Hall–Kier alpha value is -0.960. The molecule has 37 heavy (non-hydrogen) atoms. The van der Waals surface area contributed by atoms with Crippen molar-refractivity contribution in [2.24, 2.45) is 0 Å². The van der Waals surface area contributed by atoms with Crippen molar-refractivity contribution >= 4 is 16.0 Å². The van der Waals surface area contributed by atoms with Crippen molar-refractivity contribution in [1.29, 1.82) is 0 Å². The molecular weight excluding hydrogens is 490 g/mol. The van der Waals surface area contributed by atoms with Gasteiger partial charge in [0, 0.05) is 0 Å². The predicted octanol–water partition coefficient (Wildman–Crippen LogP) is 6.48. The van der Waals surface area contributed by atoms with Crippen molar-refractivity contribution in [2.75, 3.05) is 5.75 Å². The number of carbonyl (C=O) groups excluding carboxylic acids is 1. The molecule has 0 aliphatic rings. The minimum atomic E-state index is -4.39. The van der Waals surface area contributed by atoms with E-state index >= 15 is 0 Å². The van der Waals surface area contributed by atoms with E-state index in [1.165, 1.54) is 51.4 Å². The first-order chi connectivity index (χ1) is 17.7. The number of amides is 1. The zero-order valence-electron chi connectivity index (χ0n) is 23.7. The van der Waals surface area contributed by atoms with E-state index in [0.29, 0.717) is 19.3 Å². The Bertz CT molecular complexity index is 667. The monoisotopic (exact) mass is 547 g/mol. The first-order valence-corrected chi connectivity index (χ1v) is 16.6. The SMILES string of the molecule is CCCCC/C=C\CCCCCCC(O)C(=O)NC(CS(=O)(=O)O)C(O)CCCCCCCCCCC. The van der Waals surface area contributed by atoms with Gasteiger partial charge in [-0.05, 0) is 38.5 Å². The Balaban J connectivity index is 4.22. The molecule has 0 radical (unpaired) electrons. The maximum atomic E-state index is 12.4. The van der Waals surface area contributed by atoms with Gasteiger partial charge in [-0.15, -0.1) is 0 Å². The van der Waals surface area contributed by atoms with Gasteiger partial charge in [-0.3, -0.25) is 9.35 Å². The van der Waals surface area contributed by atoms with Gasteiger partial charge in [-0.1, -0.05) is 116 Å². The highest BCUT2D eigenvalue weighted by atomic mass is 32.2. The summed E-state index contributed by atoms with van der Waals surface area (Å²) >= 11 is 0. The van der Waals surface area contributed by atoms with Crippen molar-refractivity contribution < 1.29 is 28.0 Å². The number of hydrogen-bond donors (Lipinski definition) is 4. The summed E-state index contributed by atoms with van der Waals surface area (Å²) in [6, 6.07) is -1.14. The van der Waals surface area contributed by atoms with E-state index in [0.717, 1.165) is 51.4 Å². The first kappa shape index (κ1) is 36.0. The van der Waals surface area contributed by atoms with Gasteiger partial charge in [-0.25, -0.2) is 0 Å². The van der Waals surface area contributed by atoms with Gasteiger partial charge in [0.1, 0.15) is 6.10 Å². The molecule has 0 fully saturated rings. The predicted molar refractivity (Wildman–Crippen MR) is 153 cm³/mol. The van der Waals surface area contributed by atoms with Crippen molar-refractivity contribution in [3.8, 4) is 0 Å². The maximum absolute atomic E-state index is 12.4. The third kappa shape index (κ3) is 23.9. The molecule has 3 unspecified atom stereocenters. The molecule has 0 aromatic heterocycles. The van der Waals surface area contributed by atoms with E-state index in [-0.39, 0.29) is 6.42 Å². The maximum Gasteiger partial charge on any atom is 0.266 e. The lowest BCUT2D eigenvalue weighted by Gasteiger charge is -2.24. The van der Waals surface area contributed by atoms with Crippen LogP contribution in [0, 0.1) is 0 Å². The molecular formula is C29H57NO6S. The van der Waals surface area contributed by atoms with Gasteiger partial charge in [0.15, 0.2) is 0 Å². The average molecular weight is 548 g/mol. The summed E-state index contributed by atoms with van der Waals surface area (Å²) in [6.45, 7) is 4.39. The van der Waals surface area contributed by atoms with Crippen LogP contribution < -0.4 is 5.32 Å². The third-order valence-electron chi connectivity index (χ3n) is 6.83. The Labute approximate surface area is 227 Å². The molecule has 1 amide bonds. The summed E-state index contributed by atoms with van der Waals surface area (Å²) in [4.78, 5) is 12.4. The molecule has 0 heterocycles. The van der Waals surface area contributed by atoms with Gasteiger partial charge in [0.2, 0.25) is 5.91 Å². The van der Waals surface area contributed by atoms with E-state index in [1.54, 1.807) is 0 Å². The zero-order valence-corrected chi connectivity index (χ0v) is 24.5. The number of aliphatic hydroxyl groups is 2. The van der Waals surface area contributed by atoms with Gasteiger partial charge >= 0.3 is 0 Å². The largest absolute Gasteiger partial charge is 0.391 e. The van der Waals surface area contributed by atoms with Gasteiger partial charge in [0.25, 0.3) is 10.1 Å². The number of unbranched alkanes of at least 4 members (excludes halogenated alkanes) is 15. The zero-order chi connectivity index (χ0) is 27.8. The molecule has 0 rings (SSSR count). The van der Waals surface area contributed by atoms with Crippen LogP contribution in [0.4, 0.5) is 0 Å². The quantitative estimate of drug-likeness (QED) is 0.0558. The molecule has 0 aromatic carbocycles. The van der Waals surface area contributed by atoms with E-state index < -0.39 is 40.0 Å². The van der Waals surface area contributed by atoms with Crippen molar-refractivity contribution in [1.82, 2.24) is 5.32 Å². The normalized spacial score (nSPS) is 14.6. The average Bonchev–Trinajstić information content (AvgIpc) is 2.84. The van der Waals surface area contributed by atoms with Crippen LogP contribution in [0.15, 0.2) is 12.2 Å². The fraction of sp³-hybridized carbons (Fsp3) is 0.897. The van der Waals surface area contributed by atoms with Crippen molar-refractivity contribution in [3.63, 3.8) is 0 Å². The molecule has 3 atom stereocenters. The molecule has 8 heteroatoms. The number of hydrogen-bond acceptors (Lipinski definition) is 5. The molecule has 0 saturated heterocycles. The number of aliphatic hydroxyl groups excluding tert-OH is 2. The second-order valence-corrected chi connectivity index (χ2v) is 12.0. The Morgan fingerprint density at radius 1 is 0.703 bits per heavy atom. The van der Waals surface area contributed by atoms with E-state index in [2.05, 4.69) is 31.3 Å². The molecule has 220 valence electrons. The van der Waals surface area contributed by atoms with Crippen LogP contribution in [0.2, 0.25) is 0 Å². The Morgan fingerprint density at radius 3 is 1.68 bits per heavy atom. The Morgan fingerprint density at radius 2 is 1.14 bits per heavy atom. The molecule has 4 N–H and O–H groups in total. The highest BCUT2D eigenvalue weighted by molar-refractivity contribution is 7.85. The molecule has 0 spiro atoms. The van der Waals surface area contributed by atoms with E-state index in [1.807, 2.05) is 0 Å². The number of allylic oxidation sites excluding steroid dienone is 2. The van der Waals surface area contributed by atoms with Crippen LogP contribution >= 0.6 is 0 Å². The van der Waals surface area contributed by atoms with Crippen LogP contribution in [0.3, 0.4) is 0 Å². The van der Waals surface area contributed by atoms with Crippen molar-refractivity contribution in [3.05, 3.63) is 12.2 Å². The van der Waals surface area contributed by atoms with E-state index in [4.69, 9.17) is 0 Å². The van der Waals surface area contributed by atoms with E-state index in [9.17, 15) is 28.0 Å². The van der Waals surface area contributed by atoms with Crippen molar-refractivity contribution in [2.45, 2.75) is 161 Å². The summed E-state index contributed by atoms with van der Waals surface area (Å²) in [7, 11) is -4.39. The second kappa shape index (κ2) is 24.1. The minimum Gasteiger partial charge on any atom is -0.391 e. The highest BCUT2D eigenvalue weighted by Crippen LogP contribution is 2.14. The molecule has 0 aromatic rings. The highest BCUT2D eigenvalue weighted by Gasteiger charge is 2.28. The topological polar surface area (TPSA) is 124 Å². The number of carbonyl (C=O) groups is 1. The summed E-state index contributed by atoms with van der Waals surface area (Å²) in [5, 5.41) is 23.2. The summed E-state index contributed by atoms with van der Waals surface area (Å²) < 4.78 is 32.1. The van der Waals surface area contributed by atoms with Crippen LogP contribution in [0.25, 0.3) is 0 Å². The first-order valence-electron chi connectivity index (χ1n) is 15.0. The molecule has 0 aliphatic heterocycles. The second-order valence-electron chi connectivity index (χ2n) is 10.5. The third-order valence-corrected chi connectivity index (χ3v) is 7.61. The lowest BCUT2D eigenvalue weighted by molar-refractivity contribution is -0.131. The summed E-state index contributed by atoms with van der Waals surface area (Å²) in [5.41, 5.74) is 0. The molecule has 0 saturated carbocycles. The van der Waals surface area contributed by atoms with Crippen LogP contribution in [0.5, 0.6) is 0 Å². The minimum absolute atomic E-state index is 0.283. The number of rotatable bonds is 26. The van der Waals surface area contributed by atoms with Gasteiger partial charge in [-0.2, -0.15) is 8.42 Å². The van der Waals surface area contributed by atoms with Gasteiger partial charge < -0.3 is 15.5 Å². The smallest absolute Gasteiger partial charge is 0.266 e. The standard InChI is InChI=1S/C29H57NO6S/c1-3-5-7-9-11-13-14-16-18-20-22-24-28(32)29(33)30-26(25-37(34,35)36)27(31)23-21-19-17-15-12-10-8-6-4-2/h11,13,26-28,31-32H,3-10,12,14-25H2,1-2H3,(H,30,33)(H,34,35,36)/b13-11-. The Kier molecular flexibility index (Phi) is 23.5. The summed E-state index contributed by atoms with van der Waals surface area (Å²) in [6.07, 6.45) is 22.4. The fourth-order valence-corrected chi connectivity index (χ4v) is 5.21. The molecule has 0 bridgehead atoms. The lowest BCUT2D eigenvalue weighted by Crippen LogP contribution is -2.50. The van der Waals surface area contributed by atoms with Crippen LogP contribution in [-0.2, 0) is 14.9 Å².